The number of rotatable bonds is 4. The summed E-state index contributed by atoms with van der Waals surface area (Å²) in [5.74, 6) is 0.716. The first-order valence-corrected chi connectivity index (χ1v) is 8.92. The predicted molar refractivity (Wildman–Crippen MR) is 103 cm³/mol. The Morgan fingerprint density at radius 2 is 1.62 bits per heavy atom. The number of hydrogen-bond acceptors (Lipinski definition) is 5. The van der Waals surface area contributed by atoms with Gasteiger partial charge in [0.15, 0.2) is 11.3 Å². The summed E-state index contributed by atoms with van der Waals surface area (Å²) in [6, 6.07) is 8.23. The summed E-state index contributed by atoms with van der Waals surface area (Å²) in [5, 5.41) is 1.06. The number of aromatic nitrogens is 5. The van der Waals surface area contributed by atoms with E-state index in [2.05, 4.69) is 52.8 Å². The highest BCUT2D eigenvalue weighted by Gasteiger charge is 2.11. The number of pyridine rings is 3. The first-order valence-electron chi connectivity index (χ1n) is 8.92. The Morgan fingerprint density at radius 3 is 2.46 bits per heavy atom. The van der Waals surface area contributed by atoms with E-state index in [4.69, 9.17) is 4.98 Å². The summed E-state index contributed by atoms with van der Waals surface area (Å²) in [6.45, 7) is 6.50. The molecule has 4 rings (SSSR count). The van der Waals surface area contributed by atoms with E-state index in [1.54, 1.807) is 6.20 Å². The Bertz CT molecular complexity index is 1070. The maximum atomic E-state index is 4.79. The molecule has 4 aromatic heterocycles. The van der Waals surface area contributed by atoms with Crippen LogP contribution < -0.4 is 0 Å². The van der Waals surface area contributed by atoms with E-state index in [0.717, 1.165) is 28.7 Å². The minimum absolute atomic E-state index is 0.292. The summed E-state index contributed by atoms with van der Waals surface area (Å²) in [4.78, 5) is 22.4. The number of fused-ring (bicyclic) bond motifs is 2. The van der Waals surface area contributed by atoms with Crippen molar-refractivity contribution >= 4 is 22.2 Å². The van der Waals surface area contributed by atoms with Crippen molar-refractivity contribution in [3.63, 3.8) is 0 Å². The maximum Gasteiger partial charge on any atom is 0.178 e. The number of hydrogen-bond donors (Lipinski definition) is 0. The molecule has 130 valence electrons. The van der Waals surface area contributed by atoms with Gasteiger partial charge < -0.3 is 0 Å². The van der Waals surface area contributed by atoms with Gasteiger partial charge in [-0.05, 0) is 53.6 Å². The molecule has 0 aliphatic rings. The van der Waals surface area contributed by atoms with Gasteiger partial charge >= 0.3 is 0 Å². The van der Waals surface area contributed by atoms with Crippen molar-refractivity contribution in [2.75, 3.05) is 0 Å². The summed E-state index contributed by atoms with van der Waals surface area (Å²) in [7, 11) is 0. The zero-order chi connectivity index (χ0) is 18.1. The molecule has 0 aromatic carbocycles. The lowest BCUT2D eigenvalue weighted by Crippen LogP contribution is -2.03. The van der Waals surface area contributed by atoms with Gasteiger partial charge in [0.05, 0.1) is 11.9 Å². The van der Waals surface area contributed by atoms with Crippen molar-refractivity contribution in [3.8, 4) is 0 Å². The molecule has 4 heterocycles. The monoisotopic (exact) mass is 343 g/mol. The third-order valence-corrected chi connectivity index (χ3v) is 4.69. The molecule has 5 nitrogen and oxygen atoms in total. The van der Waals surface area contributed by atoms with Crippen LogP contribution in [0.1, 0.15) is 49.4 Å². The summed E-state index contributed by atoms with van der Waals surface area (Å²) in [5.41, 5.74) is 5.68. The molecule has 1 atom stereocenters. The molecule has 0 radical (unpaired) electrons. The lowest BCUT2D eigenvalue weighted by Gasteiger charge is -2.12. The molecule has 4 aromatic rings. The van der Waals surface area contributed by atoms with Crippen molar-refractivity contribution in [1.82, 2.24) is 24.9 Å². The van der Waals surface area contributed by atoms with Gasteiger partial charge in [0, 0.05) is 24.0 Å². The average molecular weight is 343 g/mol. The van der Waals surface area contributed by atoms with Crippen LogP contribution in [0, 0.1) is 0 Å². The second kappa shape index (κ2) is 6.75. The van der Waals surface area contributed by atoms with Crippen LogP contribution in [-0.2, 0) is 6.42 Å². The maximum absolute atomic E-state index is 4.79. The molecule has 0 saturated carbocycles. The molecular weight excluding hydrogens is 322 g/mol. The van der Waals surface area contributed by atoms with E-state index in [1.807, 2.05) is 30.7 Å². The van der Waals surface area contributed by atoms with Crippen LogP contribution in [0.5, 0.6) is 0 Å². The number of nitrogens with zero attached hydrogens (tertiary/aromatic N) is 5. The minimum Gasteiger partial charge on any atom is -0.248 e. The van der Waals surface area contributed by atoms with Gasteiger partial charge in [-0.15, -0.1) is 0 Å². The van der Waals surface area contributed by atoms with Gasteiger partial charge in [-0.3, -0.25) is 0 Å². The Labute approximate surface area is 152 Å². The lowest BCUT2D eigenvalue weighted by atomic mass is 9.97. The quantitative estimate of drug-likeness (QED) is 0.548. The third-order valence-electron chi connectivity index (χ3n) is 4.69. The first-order chi connectivity index (χ1) is 12.6. The largest absolute Gasteiger partial charge is 0.248 e. The Balaban J connectivity index is 1.62. The van der Waals surface area contributed by atoms with Gasteiger partial charge in [-0.2, -0.15) is 0 Å². The Kier molecular flexibility index (Phi) is 4.29. The Hall–Kier alpha value is -2.95. The molecule has 0 aliphatic carbocycles. The zero-order valence-electron chi connectivity index (χ0n) is 15.2. The van der Waals surface area contributed by atoms with Gasteiger partial charge in [0.2, 0.25) is 0 Å². The highest BCUT2D eigenvalue weighted by molar-refractivity contribution is 5.74. The lowest BCUT2D eigenvalue weighted by molar-refractivity contribution is 0.737. The van der Waals surface area contributed by atoms with E-state index in [1.165, 1.54) is 11.1 Å². The van der Waals surface area contributed by atoms with Crippen LogP contribution in [0.25, 0.3) is 22.2 Å². The van der Waals surface area contributed by atoms with E-state index in [-0.39, 0.29) is 0 Å². The normalized spacial score (nSPS) is 12.8. The van der Waals surface area contributed by atoms with Crippen LogP contribution in [0.4, 0.5) is 0 Å². The molecule has 0 aliphatic heterocycles. The highest BCUT2D eigenvalue weighted by Crippen LogP contribution is 2.23. The molecule has 0 saturated heterocycles. The van der Waals surface area contributed by atoms with E-state index >= 15 is 0 Å². The van der Waals surface area contributed by atoms with Crippen LogP contribution in [-0.4, -0.2) is 24.9 Å². The van der Waals surface area contributed by atoms with E-state index < -0.39 is 0 Å². The van der Waals surface area contributed by atoms with E-state index in [0.29, 0.717) is 17.5 Å². The van der Waals surface area contributed by atoms with Gasteiger partial charge in [-0.1, -0.05) is 20.8 Å². The summed E-state index contributed by atoms with van der Waals surface area (Å²) in [6.07, 6.45) is 8.20. The second-order valence-electron chi connectivity index (χ2n) is 7.05. The zero-order valence-corrected chi connectivity index (χ0v) is 15.2. The molecule has 0 unspecified atom stereocenters. The van der Waals surface area contributed by atoms with Crippen molar-refractivity contribution in [1.29, 1.82) is 0 Å². The molecule has 0 N–H and O–H groups in total. The van der Waals surface area contributed by atoms with Crippen LogP contribution in [0.3, 0.4) is 0 Å². The SMILES string of the molecule is CC(C)c1cnc2ncc(C[C@H](C)c3cnc4ncccc4c3)nc2c1. The topological polar surface area (TPSA) is 64.5 Å². The van der Waals surface area contributed by atoms with Crippen molar-refractivity contribution in [2.24, 2.45) is 0 Å². The summed E-state index contributed by atoms with van der Waals surface area (Å²) < 4.78 is 0. The standard InChI is InChI=1S/C21H21N5/c1-13(2)16-9-19-21(24-10-16)25-12-18(26-19)7-14(3)17-8-15-5-4-6-22-20(15)23-11-17/h4-6,8-14H,7H2,1-3H3/t14-/m0/s1. The Morgan fingerprint density at radius 1 is 0.846 bits per heavy atom. The van der Waals surface area contributed by atoms with Crippen molar-refractivity contribution < 1.29 is 0 Å². The van der Waals surface area contributed by atoms with Crippen LogP contribution in [0.15, 0.2) is 49.1 Å². The molecule has 0 bridgehead atoms. The van der Waals surface area contributed by atoms with Gasteiger partial charge in [-0.25, -0.2) is 24.9 Å². The fraction of sp³-hybridized carbons (Fsp3) is 0.286. The smallest absolute Gasteiger partial charge is 0.178 e. The second-order valence-corrected chi connectivity index (χ2v) is 7.05. The van der Waals surface area contributed by atoms with Gasteiger partial charge in [0.25, 0.3) is 0 Å². The fourth-order valence-electron chi connectivity index (χ4n) is 3.06. The van der Waals surface area contributed by atoms with Crippen LogP contribution in [0.2, 0.25) is 0 Å². The third kappa shape index (κ3) is 3.25. The molecule has 0 amide bonds. The van der Waals surface area contributed by atoms with Gasteiger partial charge in [0.1, 0.15) is 5.52 Å². The fourth-order valence-corrected chi connectivity index (χ4v) is 3.06. The average Bonchev–Trinajstić information content (AvgIpc) is 2.67. The molecule has 0 fully saturated rings. The van der Waals surface area contributed by atoms with E-state index in [9.17, 15) is 0 Å². The molecule has 5 heteroatoms. The summed E-state index contributed by atoms with van der Waals surface area (Å²) >= 11 is 0. The predicted octanol–water partition coefficient (Wildman–Crippen LogP) is 4.44. The minimum atomic E-state index is 0.292. The first kappa shape index (κ1) is 16.5. The molecule has 26 heavy (non-hydrogen) atoms. The molecular formula is C21H21N5. The van der Waals surface area contributed by atoms with Crippen molar-refractivity contribution in [3.05, 3.63) is 65.9 Å². The highest BCUT2D eigenvalue weighted by atomic mass is 14.9. The van der Waals surface area contributed by atoms with Crippen LogP contribution >= 0.6 is 0 Å². The molecule has 0 spiro atoms. The van der Waals surface area contributed by atoms with Crippen molar-refractivity contribution in [2.45, 2.75) is 39.0 Å².